The third-order valence-corrected chi connectivity index (χ3v) is 3.28. The quantitative estimate of drug-likeness (QED) is 0.804. The average molecular weight is 287 g/mol. The smallest absolute Gasteiger partial charge is 0.205 e. The van der Waals surface area contributed by atoms with Crippen molar-refractivity contribution in [1.29, 1.82) is 0 Å². The van der Waals surface area contributed by atoms with Crippen LogP contribution in [-0.2, 0) is 0 Å². The normalized spacial score (nSPS) is 10.8. The molecular formula is C15H14FN3O2. The third-order valence-electron chi connectivity index (χ3n) is 3.28. The molecule has 3 rings (SSSR count). The molecule has 108 valence electrons. The van der Waals surface area contributed by atoms with Gasteiger partial charge in [0, 0.05) is 12.1 Å². The number of methoxy groups -OCH3 is 2. The zero-order valence-electron chi connectivity index (χ0n) is 11.6. The molecule has 2 aromatic carbocycles. The molecule has 0 radical (unpaired) electrons. The summed E-state index contributed by atoms with van der Waals surface area (Å²) in [6.07, 6.45) is 0. The van der Waals surface area contributed by atoms with Gasteiger partial charge in [-0.1, -0.05) is 0 Å². The van der Waals surface area contributed by atoms with Crippen LogP contribution in [0.1, 0.15) is 0 Å². The van der Waals surface area contributed by atoms with Gasteiger partial charge in [0.05, 0.1) is 30.9 Å². The van der Waals surface area contributed by atoms with Crippen molar-refractivity contribution in [2.75, 3.05) is 20.0 Å². The number of hydrogen-bond acceptors (Lipinski definition) is 4. The summed E-state index contributed by atoms with van der Waals surface area (Å²) in [5, 5.41) is 0. The van der Waals surface area contributed by atoms with E-state index in [1.165, 1.54) is 13.2 Å². The number of anilines is 1. The van der Waals surface area contributed by atoms with E-state index in [1.54, 1.807) is 29.9 Å². The van der Waals surface area contributed by atoms with Gasteiger partial charge < -0.3 is 15.2 Å². The fraction of sp³-hybridized carbons (Fsp3) is 0.133. The van der Waals surface area contributed by atoms with Crippen LogP contribution < -0.4 is 15.2 Å². The van der Waals surface area contributed by atoms with E-state index in [4.69, 9.17) is 15.2 Å². The first-order valence-electron chi connectivity index (χ1n) is 6.30. The first-order valence-corrected chi connectivity index (χ1v) is 6.30. The molecule has 6 heteroatoms. The Morgan fingerprint density at radius 2 is 1.90 bits per heavy atom. The lowest BCUT2D eigenvalue weighted by molar-refractivity contribution is 0.386. The summed E-state index contributed by atoms with van der Waals surface area (Å²) in [5.74, 6) is 0.740. The van der Waals surface area contributed by atoms with Crippen LogP contribution in [0.15, 0.2) is 36.4 Å². The summed E-state index contributed by atoms with van der Waals surface area (Å²) in [6, 6.07) is 10.0. The van der Waals surface area contributed by atoms with Crippen LogP contribution in [-0.4, -0.2) is 23.8 Å². The van der Waals surface area contributed by atoms with Gasteiger partial charge in [-0.2, -0.15) is 0 Å². The SMILES string of the molecule is COc1ccc2c(c1)nc(N)n2-c1ccc(F)c(OC)c1. The maximum atomic E-state index is 13.5. The summed E-state index contributed by atoms with van der Waals surface area (Å²) in [4.78, 5) is 4.30. The van der Waals surface area contributed by atoms with Crippen molar-refractivity contribution in [2.24, 2.45) is 0 Å². The Kier molecular flexibility index (Phi) is 3.13. The Bertz CT molecular complexity index is 814. The standard InChI is InChI=1S/C15H14FN3O2/c1-20-10-4-6-13-12(8-10)18-15(17)19(13)9-3-5-11(16)14(7-9)21-2/h3-8H,1-2H3,(H2,17,18). The van der Waals surface area contributed by atoms with Gasteiger partial charge in [0.2, 0.25) is 5.95 Å². The van der Waals surface area contributed by atoms with E-state index < -0.39 is 5.82 Å². The largest absolute Gasteiger partial charge is 0.497 e. The van der Waals surface area contributed by atoms with Crippen LogP contribution >= 0.6 is 0 Å². The van der Waals surface area contributed by atoms with Crippen molar-refractivity contribution < 1.29 is 13.9 Å². The molecular weight excluding hydrogens is 273 g/mol. The lowest BCUT2D eigenvalue weighted by atomic mass is 10.2. The highest BCUT2D eigenvalue weighted by molar-refractivity contribution is 5.82. The third kappa shape index (κ3) is 2.14. The minimum absolute atomic E-state index is 0.155. The Labute approximate surface area is 120 Å². The number of halogens is 1. The number of benzene rings is 2. The van der Waals surface area contributed by atoms with E-state index in [1.807, 2.05) is 12.1 Å². The molecule has 0 fully saturated rings. The van der Waals surface area contributed by atoms with Gasteiger partial charge in [0.1, 0.15) is 5.75 Å². The van der Waals surface area contributed by atoms with Gasteiger partial charge in [-0.15, -0.1) is 0 Å². The van der Waals surface area contributed by atoms with Crippen LogP contribution in [0.3, 0.4) is 0 Å². The van der Waals surface area contributed by atoms with Crippen LogP contribution in [0.2, 0.25) is 0 Å². The molecule has 0 atom stereocenters. The molecule has 2 N–H and O–H groups in total. The number of hydrogen-bond donors (Lipinski definition) is 1. The molecule has 21 heavy (non-hydrogen) atoms. The van der Waals surface area contributed by atoms with Gasteiger partial charge >= 0.3 is 0 Å². The topological polar surface area (TPSA) is 62.3 Å². The summed E-state index contributed by atoms with van der Waals surface area (Å²) in [5.41, 5.74) is 8.17. The van der Waals surface area contributed by atoms with Gasteiger partial charge in [-0.25, -0.2) is 9.37 Å². The summed E-state index contributed by atoms with van der Waals surface area (Å²) < 4.78 is 25.4. The second-order valence-corrected chi connectivity index (χ2v) is 4.48. The minimum atomic E-state index is -0.425. The van der Waals surface area contributed by atoms with Gasteiger partial charge in [-0.3, -0.25) is 4.57 Å². The molecule has 0 saturated carbocycles. The minimum Gasteiger partial charge on any atom is -0.497 e. The number of ether oxygens (including phenoxy) is 2. The number of nitrogens with two attached hydrogens (primary N) is 1. The van der Waals surface area contributed by atoms with Gasteiger partial charge in [-0.05, 0) is 24.3 Å². The van der Waals surface area contributed by atoms with Crippen LogP contribution in [0.25, 0.3) is 16.7 Å². The molecule has 5 nitrogen and oxygen atoms in total. The highest BCUT2D eigenvalue weighted by Gasteiger charge is 2.13. The first kappa shape index (κ1) is 13.2. The lowest BCUT2D eigenvalue weighted by Gasteiger charge is -2.09. The van der Waals surface area contributed by atoms with E-state index in [9.17, 15) is 4.39 Å². The number of nitrogen functional groups attached to an aromatic ring is 1. The molecule has 0 unspecified atom stereocenters. The molecule has 3 aromatic rings. The van der Waals surface area contributed by atoms with E-state index in [0.29, 0.717) is 22.9 Å². The Morgan fingerprint density at radius 1 is 1.10 bits per heavy atom. The number of fused-ring (bicyclic) bond motifs is 1. The molecule has 0 amide bonds. The van der Waals surface area contributed by atoms with Crippen LogP contribution in [0, 0.1) is 5.82 Å². The molecule has 0 aliphatic heterocycles. The molecule has 1 aromatic heterocycles. The average Bonchev–Trinajstić information content (AvgIpc) is 2.82. The number of rotatable bonds is 3. The highest BCUT2D eigenvalue weighted by Crippen LogP contribution is 2.28. The predicted octanol–water partition coefficient (Wildman–Crippen LogP) is 2.76. The van der Waals surface area contributed by atoms with Gasteiger partial charge in [0.25, 0.3) is 0 Å². The van der Waals surface area contributed by atoms with Crippen molar-refractivity contribution in [3.8, 4) is 17.2 Å². The summed E-state index contributed by atoms with van der Waals surface area (Å²) in [6.45, 7) is 0. The van der Waals surface area contributed by atoms with Crippen molar-refractivity contribution >= 4 is 17.0 Å². The monoisotopic (exact) mass is 287 g/mol. The number of imidazole rings is 1. The van der Waals surface area contributed by atoms with E-state index in [-0.39, 0.29) is 5.75 Å². The zero-order chi connectivity index (χ0) is 15.0. The second-order valence-electron chi connectivity index (χ2n) is 4.48. The Morgan fingerprint density at radius 3 is 2.62 bits per heavy atom. The van der Waals surface area contributed by atoms with Crippen molar-refractivity contribution in [1.82, 2.24) is 9.55 Å². The number of aromatic nitrogens is 2. The molecule has 1 heterocycles. The van der Waals surface area contributed by atoms with Crippen molar-refractivity contribution in [3.63, 3.8) is 0 Å². The molecule has 0 aliphatic rings. The second kappa shape index (κ2) is 4.97. The Hall–Kier alpha value is -2.76. The van der Waals surface area contributed by atoms with Crippen molar-refractivity contribution in [2.45, 2.75) is 0 Å². The van der Waals surface area contributed by atoms with Crippen molar-refractivity contribution in [3.05, 3.63) is 42.2 Å². The van der Waals surface area contributed by atoms with Crippen LogP contribution in [0.4, 0.5) is 10.3 Å². The molecule has 0 saturated heterocycles. The summed E-state index contributed by atoms with van der Waals surface area (Å²) in [7, 11) is 3.01. The fourth-order valence-electron chi connectivity index (χ4n) is 2.26. The lowest BCUT2D eigenvalue weighted by Crippen LogP contribution is -2.01. The fourth-order valence-corrected chi connectivity index (χ4v) is 2.26. The number of nitrogens with zero attached hydrogens (tertiary/aromatic N) is 2. The maximum absolute atomic E-state index is 13.5. The van der Waals surface area contributed by atoms with E-state index >= 15 is 0 Å². The summed E-state index contributed by atoms with van der Waals surface area (Å²) >= 11 is 0. The maximum Gasteiger partial charge on any atom is 0.205 e. The molecule has 0 bridgehead atoms. The molecule has 0 aliphatic carbocycles. The molecule has 0 spiro atoms. The predicted molar refractivity (Wildman–Crippen MR) is 78.5 cm³/mol. The van der Waals surface area contributed by atoms with Crippen LogP contribution in [0.5, 0.6) is 11.5 Å². The zero-order valence-corrected chi connectivity index (χ0v) is 11.6. The Balaban J connectivity index is 2.22. The van der Waals surface area contributed by atoms with E-state index in [2.05, 4.69) is 4.98 Å². The first-order chi connectivity index (χ1) is 10.1. The van der Waals surface area contributed by atoms with E-state index in [0.717, 1.165) is 5.52 Å². The highest BCUT2D eigenvalue weighted by atomic mass is 19.1. The van der Waals surface area contributed by atoms with Gasteiger partial charge in [0.15, 0.2) is 11.6 Å².